The van der Waals surface area contributed by atoms with Crippen molar-refractivity contribution >= 4 is 23.7 Å². The van der Waals surface area contributed by atoms with E-state index in [0.29, 0.717) is 5.16 Å². The average Bonchev–Trinajstić information content (AvgIpc) is 2.96. The van der Waals surface area contributed by atoms with E-state index < -0.39 is 22.7 Å². The van der Waals surface area contributed by atoms with Crippen LogP contribution in [0.4, 0.5) is 4.79 Å². The fraction of sp³-hybridized carbons (Fsp3) is 0.471. The van der Waals surface area contributed by atoms with Gasteiger partial charge < -0.3 is 5.32 Å². The average molecular weight is 376 g/mol. The van der Waals surface area contributed by atoms with Gasteiger partial charge in [-0.3, -0.25) is 10.1 Å². The molecule has 0 spiro atoms. The number of hydrogen-bond acceptors (Lipinski definition) is 6. The molecule has 9 heteroatoms. The van der Waals surface area contributed by atoms with Crippen LogP contribution in [0.5, 0.6) is 0 Å². The Morgan fingerprint density at radius 3 is 2.50 bits per heavy atom. The van der Waals surface area contributed by atoms with E-state index in [0.717, 1.165) is 11.3 Å². The molecular formula is C17H24N6O2S. The first-order valence-corrected chi connectivity index (χ1v) is 9.10. The van der Waals surface area contributed by atoms with Crippen LogP contribution in [0.2, 0.25) is 0 Å². The number of rotatable bonds is 4. The monoisotopic (exact) mass is 376 g/mol. The third kappa shape index (κ3) is 5.29. The highest BCUT2D eigenvalue weighted by atomic mass is 32.2. The van der Waals surface area contributed by atoms with Gasteiger partial charge in [0.05, 0.1) is 10.9 Å². The van der Waals surface area contributed by atoms with Crippen molar-refractivity contribution < 1.29 is 9.59 Å². The van der Waals surface area contributed by atoms with E-state index >= 15 is 0 Å². The lowest BCUT2D eigenvalue weighted by Crippen LogP contribution is -2.49. The summed E-state index contributed by atoms with van der Waals surface area (Å²) in [6.45, 7) is 11.3. The van der Waals surface area contributed by atoms with Crippen LogP contribution in [0.15, 0.2) is 23.4 Å². The van der Waals surface area contributed by atoms with Crippen LogP contribution in [-0.4, -0.2) is 42.9 Å². The summed E-state index contributed by atoms with van der Waals surface area (Å²) in [7, 11) is 0. The van der Waals surface area contributed by atoms with Gasteiger partial charge >= 0.3 is 6.03 Å². The minimum atomic E-state index is -0.544. The Kier molecular flexibility index (Phi) is 6.01. The van der Waals surface area contributed by atoms with Gasteiger partial charge in [-0.25, -0.2) is 4.79 Å². The molecule has 0 saturated carbocycles. The number of nitrogens with one attached hydrogen (secondary N) is 2. The lowest BCUT2D eigenvalue weighted by Gasteiger charge is -2.21. The zero-order chi connectivity index (χ0) is 19.5. The van der Waals surface area contributed by atoms with Gasteiger partial charge in [0.15, 0.2) is 0 Å². The number of carbonyl (C=O) groups is 2. The molecule has 0 saturated heterocycles. The maximum absolute atomic E-state index is 12.2. The molecule has 2 aromatic rings. The standard InChI is InChI=1S/C17H24N6O2S/c1-10-7-8-13(9-11(10)2)23-16(20-21-22-23)26-12(3)14(24)18-15(25)19-17(4,5)6/h7-9,12H,1-6H3,(H2,18,19,24,25). The molecule has 0 aliphatic heterocycles. The number of urea groups is 1. The lowest BCUT2D eigenvalue weighted by atomic mass is 10.1. The summed E-state index contributed by atoms with van der Waals surface area (Å²) in [6.07, 6.45) is 0. The van der Waals surface area contributed by atoms with Crippen LogP contribution in [0, 0.1) is 13.8 Å². The van der Waals surface area contributed by atoms with E-state index in [1.165, 1.54) is 17.3 Å². The third-order valence-corrected chi connectivity index (χ3v) is 4.59. The van der Waals surface area contributed by atoms with E-state index in [1.807, 2.05) is 52.8 Å². The minimum absolute atomic E-state index is 0.411. The van der Waals surface area contributed by atoms with E-state index in [1.54, 1.807) is 11.6 Å². The van der Waals surface area contributed by atoms with E-state index in [-0.39, 0.29) is 0 Å². The molecule has 2 N–H and O–H groups in total. The quantitative estimate of drug-likeness (QED) is 0.795. The number of thioether (sulfide) groups is 1. The summed E-state index contributed by atoms with van der Waals surface area (Å²) in [5, 5.41) is 16.7. The van der Waals surface area contributed by atoms with Crippen molar-refractivity contribution in [3.63, 3.8) is 0 Å². The van der Waals surface area contributed by atoms with Crippen LogP contribution in [0.1, 0.15) is 38.8 Å². The minimum Gasteiger partial charge on any atom is -0.333 e. The summed E-state index contributed by atoms with van der Waals surface area (Å²) in [6, 6.07) is 5.37. The molecule has 0 aliphatic rings. The molecule has 1 heterocycles. The Balaban J connectivity index is 2.07. The second-order valence-corrected chi connectivity index (χ2v) is 8.40. The van der Waals surface area contributed by atoms with Crippen LogP contribution >= 0.6 is 11.8 Å². The molecular weight excluding hydrogens is 352 g/mol. The maximum Gasteiger partial charge on any atom is 0.321 e. The van der Waals surface area contributed by atoms with Gasteiger partial charge in [0, 0.05) is 5.54 Å². The molecule has 1 aromatic carbocycles. The Bertz CT molecular complexity index is 812. The van der Waals surface area contributed by atoms with Gasteiger partial charge in [-0.05, 0) is 75.2 Å². The molecule has 140 valence electrons. The Labute approximate surface area is 157 Å². The van der Waals surface area contributed by atoms with Crippen molar-refractivity contribution in [1.82, 2.24) is 30.8 Å². The lowest BCUT2D eigenvalue weighted by molar-refractivity contribution is -0.119. The second kappa shape index (κ2) is 7.86. The number of imide groups is 1. The predicted octanol–water partition coefficient (Wildman–Crippen LogP) is 2.38. The van der Waals surface area contributed by atoms with E-state index in [2.05, 4.69) is 26.2 Å². The molecule has 0 aliphatic carbocycles. The largest absolute Gasteiger partial charge is 0.333 e. The number of amides is 3. The first kappa shape index (κ1) is 19.9. The summed E-state index contributed by atoms with van der Waals surface area (Å²) in [4.78, 5) is 24.1. The number of aryl methyl sites for hydroxylation is 2. The van der Waals surface area contributed by atoms with Crippen LogP contribution < -0.4 is 10.6 Å². The third-order valence-electron chi connectivity index (χ3n) is 3.55. The van der Waals surface area contributed by atoms with Crippen LogP contribution in [0.25, 0.3) is 5.69 Å². The first-order valence-electron chi connectivity index (χ1n) is 8.22. The van der Waals surface area contributed by atoms with Crippen molar-refractivity contribution in [3.8, 4) is 5.69 Å². The van der Waals surface area contributed by atoms with Gasteiger partial charge in [-0.15, -0.1) is 5.10 Å². The number of carbonyl (C=O) groups excluding carboxylic acids is 2. The Hall–Kier alpha value is -2.42. The molecule has 1 aromatic heterocycles. The predicted molar refractivity (Wildman–Crippen MR) is 100 cm³/mol. The van der Waals surface area contributed by atoms with E-state index in [4.69, 9.17) is 0 Å². The van der Waals surface area contributed by atoms with Crippen molar-refractivity contribution in [2.24, 2.45) is 0 Å². The van der Waals surface area contributed by atoms with Gasteiger partial charge in [0.1, 0.15) is 0 Å². The van der Waals surface area contributed by atoms with Crippen molar-refractivity contribution in [3.05, 3.63) is 29.3 Å². The van der Waals surface area contributed by atoms with Crippen molar-refractivity contribution in [2.45, 2.75) is 57.5 Å². The summed E-state index contributed by atoms with van der Waals surface area (Å²) in [5.74, 6) is -0.411. The number of aromatic nitrogens is 4. The Morgan fingerprint density at radius 1 is 1.19 bits per heavy atom. The topological polar surface area (TPSA) is 102 Å². The Morgan fingerprint density at radius 2 is 1.88 bits per heavy atom. The highest BCUT2D eigenvalue weighted by molar-refractivity contribution is 8.00. The normalized spacial score (nSPS) is 12.5. The van der Waals surface area contributed by atoms with Crippen LogP contribution in [-0.2, 0) is 4.79 Å². The number of nitrogens with zero attached hydrogens (tertiary/aromatic N) is 4. The second-order valence-electron chi connectivity index (χ2n) is 7.10. The maximum atomic E-state index is 12.2. The molecule has 1 unspecified atom stereocenters. The van der Waals surface area contributed by atoms with Crippen LogP contribution in [0.3, 0.4) is 0 Å². The zero-order valence-corrected chi connectivity index (χ0v) is 16.6. The van der Waals surface area contributed by atoms with Crippen molar-refractivity contribution in [2.75, 3.05) is 0 Å². The summed E-state index contributed by atoms with van der Waals surface area (Å²) in [5.41, 5.74) is 2.69. The molecule has 1 atom stereocenters. The molecule has 0 radical (unpaired) electrons. The number of hydrogen-bond donors (Lipinski definition) is 2. The molecule has 3 amide bonds. The van der Waals surface area contributed by atoms with Gasteiger partial charge in [-0.2, -0.15) is 4.68 Å². The van der Waals surface area contributed by atoms with Crippen molar-refractivity contribution in [1.29, 1.82) is 0 Å². The molecule has 2 rings (SSSR count). The SMILES string of the molecule is Cc1ccc(-n2nnnc2SC(C)C(=O)NC(=O)NC(C)(C)C)cc1C. The highest BCUT2D eigenvalue weighted by Crippen LogP contribution is 2.23. The summed E-state index contributed by atoms with van der Waals surface area (Å²) >= 11 is 1.18. The molecule has 8 nitrogen and oxygen atoms in total. The van der Waals surface area contributed by atoms with Gasteiger partial charge in [-0.1, -0.05) is 17.8 Å². The zero-order valence-electron chi connectivity index (χ0n) is 15.8. The van der Waals surface area contributed by atoms with Gasteiger partial charge in [0.2, 0.25) is 11.1 Å². The number of tetrazole rings is 1. The van der Waals surface area contributed by atoms with E-state index in [9.17, 15) is 9.59 Å². The smallest absolute Gasteiger partial charge is 0.321 e. The molecule has 0 fully saturated rings. The van der Waals surface area contributed by atoms with Gasteiger partial charge in [0.25, 0.3) is 0 Å². The fourth-order valence-electron chi connectivity index (χ4n) is 2.07. The fourth-order valence-corrected chi connectivity index (χ4v) is 2.88. The number of benzene rings is 1. The highest BCUT2D eigenvalue weighted by Gasteiger charge is 2.22. The summed E-state index contributed by atoms with van der Waals surface area (Å²) < 4.78 is 1.58. The molecule has 26 heavy (non-hydrogen) atoms. The first-order chi connectivity index (χ1) is 12.1. The molecule has 0 bridgehead atoms.